The highest BCUT2D eigenvalue weighted by Gasteiger charge is 2.32. The van der Waals surface area contributed by atoms with Crippen molar-refractivity contribution in [3.05, 3.63) is 58.6 Å². The summed E-state index contributed by atoms with van der Waals surface area (Å²) in [6, 6.07) is 11.0. The average Bonchev–Trinajstić information content (AvgIpc) is 2.70. The number of halogens is 1. The van der Waals surface area contributed by atoms with Crippen LogP contribution < -0.4 is 14.4 Å². The third kappa shape index (κ3) is 5.67. The van der Waals surface area contributed by atoms with E-state index in [1.807, 2.05) is 32.0 Å². The van der Waals surface area contributed by atoms with Crippen LogP contribution >= 0.6 is 11.6 Å². The SMILES string of the molecule is CC[C@H](NC(=O)[C@H](CC)N(c1ccc(Cl)cc1)S(C)(=O)=O)c1ccc(OC)c(C)c1. The molecule has 0 unspecified atom stereocenters. The molecule has 0 heterocycles. The number of nitrogens with one attached hydrogen (secondary N) is 1. The van der Waals surface area contributed by atoms with Gasteiger partial charge >= 0.3 is 0 Å². The van der Waals surface area contributed by atoms with Crippen molar-refractivity contribution in [3.63, 3.8) is 0 Å². The fraction of sp³-hybridized carbons (Fsp3) is 0.409. The van der Waals surface area contributed by atoms with Crippen molar-refractivity contribution < 1.29 is 17.9 Å². The van der Waals surface area contributed by atoms with E-state index in [9.17, 15) is 13.2 Å². The van der Waals surface area contributed by atoms with Crippen LogP contribution in [0.1, 0.15) is 43.9 Å². The smallest absolute Gasteiger partial charge is 0.244 e. The zero-order valence-corrected chi connectivity index (χ0v) is 19.5. The zero-order valence-electron chi connectivity index (χ0n) is 18.0. The fourth-order valence-electron chi connectivity index (χ4n) is 3.46. The van der Waals surface area contributed by atoms with Gasteiger partial charge < -0.3 is 10.1 Å². The molecule has 0 fully saturated rings. The van der Waals surface area contributed by atoms with Crippen molar-refractivity contribution >= 4 is 33.2 Å². The second-order valence-corrected chi connectivity index (χ2v) is 9.45. The van der Waals surface area contributed by atoms with Crippen LogP contribution in [0, 0.1) is 6.92 Å². The summed E-state index contributed by atoms with van der Waals surface area (Å²) < 4.78 is 31.6. The Morgan fingerprint density at radius 1 is 1.13 bits per heavy atom. The van der Waals surface area contributed by atoms with Crippen LogP contribution in [0.3, 0.4) is 0 Å². The Hall–Kier alpha value is -2.25. The molecule has 0 aliphatic rings. The van der Waals surface area contributed by atoms with Gasteiger partial charge in [0.25, 0.3) is 0 Å². The van der Waals surface area contributed by atoms with Crippen molar-refractivity contribution in [2.75, 3.05) is 17.7 Å². The minimum atomic E-state index is -3.70. The van der Waals surface area contributed by atoms with E-state index in [2.05, 4.69) is 5.32 Å². The lowest BCUT2D eigenvalue weighted by atomic mass is 10.0. The molecule has 0 saturated heterocycles. The molecule has 0 radical (unpaired) electrons. The number of sulfonamides is 1. The van der Waals surface area contributed by atoms with Crippen LogP contribution in [-0.2, 0) is 14.8 Å². The number of benzene rings is 2. The average molecular weight is 453 g/mol. The molecule has 8 heteroatoms. The summed E-state index contributed by atoms with van der Waals surface area (Å²) in [6.07, 6.45) is 2.08. The number of nitrogens with zero attached hydrogens (tertiary/aromatic N) is 1. The molecule has 2 aromatic carbocycles. The predicted octanol–water partition coefficient (Wildman–Crippen LogP) is 4.47. The quantitative estimate of drug-likeness (QED) is 0.609. The third-order valence-corrected chi connectivity index (χ3v) is 6.39. The van der Waals surface area contributed by atoms with Crippen LogP contribution in [-0.4, -0.2) is 33.7 Å². The highest BCUT2D eigenvalue weighted by atomic mass is 35.5. The van der Waals surface area contributed by atoms with Gasteiger partial charge in [-0.3, -0.25) is 9.10 Å². The van der Waals surface area contributed by atoms with E-state index in [0.29, 0.717) is 23.6 Å². The van der Waals surface area contributed by atoms with Gasteiger partial charge in [0.1, 0.15) is 11.8 Å². The topological polar surface area (TPSA) is 75.7 Å². The number of carbonyl (C=O) groups excluding carboxylic acids is 1. The van der Waals surface area contributed by atoms with Gasteiger partial charge in [-0.25, -0.2) is 8.42 Å². The molecule has 1 amide bonds. The Balaban J connectivity index is 2.34. The van der Waals surface area contributed by atoms with E-state index >= 15 is 0 Å². The molecule has 0 aromatic heterocycles. The van der Waals surface area contributed by atoms with E-state index < -0.39 is 16.1 Å². The van der Waals surface area contributed by atoms with Gasteiger partial charge in [0.2, 0.25) is 15.9 Å². The molecule has 0 spiro atoms. The molecule has 0 saturated carbocycles. The van der Waals surface area contributed by atoms with E-state index in [0.717, 1.165) is 27.4 Å². The molecule has 1 N–H and O–H groups in total. The minimum Gasteiger partial charge on any atom is -0.496 e. The van der Waals surface area contributed by atoms with Crippen LogP contribution in [0.15, 0.2) is 42.5 Å². The lowest BCUT2D eigenvalue weighted by molar-refractivity contribution is -0.123. The Labute approximate surface area is 184 Å². The lowest BCUT2D eigenvalue weighted by Crippen LogP contribution is -2.50. The van der Waals surface area contributed by atoms with Gasteiger partial charge in [0.05, 0.1) is 25.1 Å². The van der Waals surface area contributed by atoms with Crippen molar-refractivity contribution in [3.8, 4) is 5.75 Å². The van der Waals surface area contributed by atoms with E-state index in [-0.39, 0.29) is 11.9 Å². The molecule has 2 atom stereocenters. The second kappa shape index (κ2) is 10.2. The van der Waals surface area contributed by atoms with Gasteiger partial charge in [0, 0.05) is 5.02 Å². The Morgan fingerprint density at radius 2 is 1.77 bits per heavy atom. The normalized spacial score (nSPS) is 13.4. The molecule has 6 nitrogen and oxygen atoms in total. The molecular formula is C22H29ClN2O4S. The Kier molecular flexibility index (Phi) is 8.15. The van der Waals surface area contributed by atoms with Crippen LogP contribution in [0.4, 0.5) is 5.69 Å². The molecule has 0 bridgehead atoms. The third-order valence-electron chi connectivity index (χ3n) is 4.96. The van der Waals surface area contributed by atoms with Crippen LogP contribution in [0.25, 0.3) is 0 Å². The van der Waals surface area contributed by atoms with E-state index in [4.69, 9.17) is 16.3 Å². The number of ether oxygens (including phenoxy) is 1. The maximum atomic E-state index is 13.2. The van der Waals surface area contributed by atoms with Crippen LogP contribution in [0.5, 0.6) is 5.75 Å². The summed E-state index contributed by atoms with van der Waals surface area (Å²) in [7, 11) is -2.08. The standard InChI is InChI=1S/C22H29ClN2O4S/c1-6-19(16-8-13-21(29-4)15(3)14-16)24-22(26)20(7-2)25(30(5,27)28)18-11-9-17(23)10-12-18/h8-14,19-20H,6-7H2,1-5H3,(H,24,26)/t19-,20-/m0/s1. The summed E-state index contributed by atoms with van der Waals surface area (Å²) in [5.74, 6) is 0.426. The largest absolute Gasteiger partial charge is 0.496 e. The van der Waals surface area contributed by atoms with E-state index in [1.165, 1.54) is 0 Å². The van der Waals surface area contributed by atoms with Gasteiger partial charge in [0.15, 0.2) is 0 Å². The van der Waals surface area contributed by atoms with Crippen molar-refractivity contribution in [2.24, 2.45) is 0 Å². The number of carbonyl (C=O) groups is 1. The van der Waals surface area contributed by atoms with Gasteiger partial charge in [-0.05, 0) is 61.2 Å². The Morgan fingerprint density at radius 3 is 2.23 bits per heavy atom. The molecule has 30 heavy (non-hydrogen) atoms. The van der Waals surface area contributed by atoms with Crippen molar-refractivity contribution in [1.29, 1.82) is 0 Å². The second-order valence-electron chi connectivity index (χ2n) is 7.16. The molecule has 0 aliphatic heterocycles. The zero-order chi connectivity index (χ0) is 22.5. The lowest BCUT2D eigenvalue weighted by Gasteiger charge is -2.31. The first-order valence-corrected chi connectivity index (χ1v) is 12.0. The first-order chi connectivity index (χ1) is 14.1. The first kappa shape index (κ1) is 24.0. The molecule has 2 aromatic rings. The number of amides is 1. The molecule has 164 valence electrons. The van der Waals surface area contributed by atoms with Crippen molar-refractivity contribution in [2.45, 2.75) is 45.7 Å². The number of hydrogen-bond donors (Lipinski definition) is 1. The highest BCUT2D eigenvalue weighted by molar-refractivity contribution is 7.92. The number of hydrogen-bond acceptors (Lipinski definition) is 4. The van der Waals surface area contributed by atoms with E-state index in [1.54, 1.807) is 38.3 Å². The summed E-state index contributed by atoms with van der Waals surface area (Å²) in [5.41, 5.74) is 2.31. The summed E-state index contributed by atoms with van der Waals surface area (Å²) >= 11 is 5.94. The van der Waals surface area contributed by atoms with Gasteiger partial charge in [-0.2, -0.15) is 0 Å². The van der Waals surface area contributed by atoms with Crippen LogP contribution in [0.2, 0.25) is 5.02 Å². The van der Waals surface area contributed by atoms with Crippen molar-refractivity contribution in [1.82, 2.24) is 5.32 Å². The first-order valence-electron chi connectivity index (χ1n) is 9.82. The number of methoxy groups -OCH3 is 1. The summed E-state index contributed by atoms with van der Waals surface area (Å²) in [4.78, 5) is 13.2. The molecule has 0 aliphatic carbocycles. The maximum Gasteiger partial charge on any atom is 0.244 e. The predicted molar refractivity (Wildman–Crippen MR) is 122 cm³/mol. The number of anilines is 1. The molecule has 2 rings (SSSR count). The Bertz CT molecular complexity index is 977. The number of aryl methyl sites for hydroxylation is 1. The number of rotatable bonds is 9. The monoisotopic (exact) mass is 452 g/mol. The highest BCUT2D eigenvalue weighted by Crippen LogP contribution is 2.27. The van der Waals surface area contributed by atoms with Gasteiger partial charge in [-0.1, -0.05) is 37.6 Å². The summed E-state index contributed by atoms with van der Waals surface area (Å²) in [5, 5.41) is 3.51. The fourth-order valence-corrected chi connectivity index (χ4v) is 4.79. The molecular weight excluding hydrogens is 424 g/mol. The minimum absolute atomic E-state index is 0.247. The van der Waals surface area contributed by atoms with Gasteiger partial charge in [-0.15, -0.1) is 0 Å². The maximum absolute atomic E-state index is 13.2. The summed E-state index contributed by atoms with van der Waals surface area (Å²) in [6.45, 7) is 5.70.